The number of halogens is 1. The van der Waals surface area contributed by atoms with Crippen LogP contribution in [0.5, 0.6) is 0 Å². The third-order valence-electron chi connectivity index (χ3n) is 3.09. The summed E-state index contributed by atoms with van der Waals surface area (Å²) in [5, 5.41) is 0. The van der Waals surface area contributed by atoms with Crippen molar-refractivity contribution in [1.82, 2.24) is 0 Å². The molecule has 0 amide bonds. The summed E-state index contributed by atoms with van der Waals surface area (Å²) in [6.45, 7) is 1.52. The molecular weight excluding hydrogens is 203 g/mol. The molecule has 1 aliphatic carbocycles. The van der Waals surface area contributed by atoms with E-state index in [1.807, 2.05) is 18.0 Å². The smallest absolute Gasteiger partial charge is 0.146 e. The predicted molar refractivity (Wildman–Crippen MR) is 65.2 cm³/mol. The minimum Gasteiger partial charge on any atom is -0.372 e. The van der Waals surface area contributed by atoms with Gasteiger partial charge in [-0.3, -0.25) is 0 Å². The van der Waals surface area contributed by atoms with Crippen molar-refractivity contribution >= 4 is 5.69 Å². The maximum absolute atomic E-state index is 13.8. The fourth-order valence-electron chi connectivity index (χ4n) is 2.12. The van der Waals surface area contributed by atoms with Crippen molar-refractivity contribution in [1.29, 1.82) is 0 Å². The standard InChI is InChI=1S/C13H19FN2/c1-16(9-10-5-6-10)13-11(7-8-15)3-2-4-12(13)14/h2-4,10H,5-9,15H2,1H3. The molecule has 0 unspecified atom stereocenters. The average Bonchev–Trinajstić information content (AvgIpc) is 3.02. The first-order valence-corrected chi connectivity index (χ1v) is 5.91. The van der Waals surface area contributed by atoms with Gasteiger partial charge in [0, 0.05) is 13.6 Å². The van der Waals surface area contributed by atoms with Gasteiger partial charge in [-0.2, -0.15) is 0 Å². The zero-order valence-electron chi connectivity index (χ0n) is 9.75. The number of nitrogens with two attached hydrogens (primary N) is 1. The van der Waals surface area contributed by atoms with Gasteiger partial charge in [0.15, 0.2) is 0 Å². The third-order valence-corrected chi connectivity index (χ3v) is 3.09. The van der Waals surface area contributed by atoms with E-state index in [9.17, 15) is 4.39 Å². The van der Waals surface area contributed by atoms with Gasteiger partial charge in [0.2, 0.25) is 0 Å². The maximum atomic E-state index is 13.8. The Labute approximate surface area is 96.2 Å². The number of rotatable bonds is 5. The second-order valence-electron chi connectivity index (χ2n) is 4.61. The van der Waals surface area contributed by atoms with Gasteiger partial charge >= 0.3 is 0 Å². The Hall–Kier alpha value is -1.09. The summed E-state index contributed by atoms with van der Waals surface area (Å²) in [7, 11) is 1.97. The van der Waals surface area contributed by atoms with E-state index in [0.29, 0.717) is 6.54 Å². The van der Waals surface area contributed by atoms with E-state index >= 15 is 0 Å². The molecule has 1 fully saturated rings. The van der Waals surface area contributed by atoms with Crippen LogP contribution in [0.15, 0.2) is 18.2 Å². The minimum atomic E-state index is -0.130. The van der Waals surface area contributed by atoms with Gasteiger partial charge in [-0.05, 0) is 43.4 Å². The molecule has 2 rings (SSSR count). The summed E-state index contributed by atoms with van der Waals surface area (Å²) >= 11 is 0. The maximum Gasteiger partial charge on any atom is 0.146 e. The van der Waals surface area contributed by atoms with Crippen LogP contribution in [0.4, 0.5) is 10.1 Å². The minimum absolute atomic E-state index is 0.130. The molecular formula is C13H19FN2. The summed E-state index contributed by atoms with van der Waals surface area (Å²) < 4.78 is 13.8. The summed E-state index contributed by atoms with van der Waals surface area (Å²) in [6.07, 6.45) is 3.30. The summed E-state index contributed by atoms with van der Waals surface area (Å²) in [4.78, 5) is 2.04. The van der Waals surface area contributed by atoms with Crippen LogP contribution in [0.3, 0.4) is 0 Å². The largest absolute Gasteiger partial charge is 0.372 e. The average molecular weight is 222 g/mol. The summed E-state index contributed by atoms with van der Waals surface area (Å²) in [5.74, 6) is 0.629. The van der Waals surface area contributed by atoms with Gasteiger partial charge in [0.1, 0.15) is 5.82 Å². The normalized spacial score (nSPS) is 15.2. The van der Waals surface area contributed by atoms with Crippen LogP contribution < -0.4 is 10.6 Å². The molecule has 1 aliphatic rings. The fourth-order valence-corrected chi connectivity index (χ4v) is 2.12. The molecule has 0 aromatic heterocycles. The molecule has 2 nitrogen and oxygen atoms in total. The van der Waals surface area contributed by atoms with Crippen LogP contribution in [0.25, 0.3) is 0 Å². The highest BCUT2D eigenvalue weighted by Crippen LogP contribution is 2.32. The number of hydrogen-bond acceptors (Lipinski definition) is 2. The second-order valence-corrected chi connectivity index (χ2v) is 4.61. The third kappa shape index (κ3) is 2.53. The molecule has 0 heterocycles. The number of para-hydroxylation sites is 1. The van der Waals surface area contributed by atoms with Crippen molar-refractivity contribution in [2.75, 3.05) is 25.0 Å². The molecule has 0 radical (unpaired) electrons. The van der Waals surface area contributed by atoms with Crippen molar-refractivity contribution in [3.8, 4) is 0 Å². The van der Waals surface area contributed by atoms with Gasteiger partial charge in [-0.1, -0.05) is 12.1 Å². The van der Waals surface area contributed by atoms with E-state index in [1.54, 1.807) is 6.07 Å². The Morgan fingerprint density at radius 3 is 2.81 bits per heavy atom. The molecule has 16 heavy (non-hydrogen) atoms. The number of anilines is 1. The Bertz CT molecular complexity index is 361. The van der Waals surface area contributed by atoms with Crippen molar-refractivity contribution < 1.29 is 4.39 Å². The zero-order chi connectivity index (χ0) is 11.5. The molecule has 0 atom stereocenters. The van der Waals surface area contributed by atoms with Crippen LogP contribution in [0.1, 0.15) is 18.4 Å². The molecule has 0 aliphatic heterocycles. The highest BCUT2D eigenvalue weighted by molar-refractivity contribution is 5.54. The lowest BCUT2D eigenvalue weighted by Gasteiger charge is -2.23. The lowest BCUT2D eigenvalue weighted by molar-refractivity contribution is 0.616. The Morgan fingerprint density at radius 1 is 1.44 bits per heavy atom. The molecule has 0 saturated heterocycles. The Morgan fingerprint density at radius 2 is 2.19 bits per heavy atom. The van der Waals surface area contributed by atoms with E-state index < -0.39 is 0 Å². The molecule has 88 valence electrons. The molecule has 2 N–H and O–H groups in total. The van der Waals surface area contributed by atoms with Gasteiger partial charge in [-0.15, -0.1) is 0 Å². The SMILES string of the molecule is CN(CC1CC1)c1c(F)cccc1CCN. The number of benzene rings is 1. The monoisotopic (exact) mass is 222 g/mol. The van der Waals surface area contributed by atoms with Crippen molar-refractivity contribution in [2.24, 2.45) is 11.7 Å². The van der Waals surface area contributed by atoms with Crippen LogP contribution in [0, 0.1) is 11.7 Å². The van der Waals surface area contributed by atoms with Gasteiger partial charge in [0.25, 0.3) is 0 Å². The van der Waals surface area contributed by atoms with E-state index in [-0.39, 0.29) is 5.82 Å². The van der Waals surface area contributed by atoms with E-state index in [0.717, 1.165) is 30.1 Å². The van der Waals surface area contributed by atoms with Crippen LogP contribution in [-0.4, -0.2) is 20.1 Å². The molecule has 0 spiro atoms. The van der Waals surface area contributed by atoms with Gasteiger partial charge < -0.3 is 10.6 Å². The number of nitrogens with zero attached hydrogens (tertiary/aromatic N) is 1. The van der Waals surface area contributed by atoms with Gasteiger partial charge in [0.05, 0.1) is 5.69 Å². The van der Waals surface area contributed by atoms with Crippen molar-refractivity contribution in [2.45, 2.75) is 19.3 Å². The highest BCUT2D eigenvalue weighted by atomic mass is 19.1. The first-order chi connectivity index (χ1) is 7.72. The molecule has 3 heteroatoms. The first kappa shape index (κ1) is 11.4. The molecule has 0 bridgehead atoms. The molecule has 1 aromatic carbocycles. The number of hydrogen-bond donors (Lipinski definition) is 1. The van der Waals surface area contributed by atoms with Crippen LogP contribution in [0.2, 0.25) is 0 Å². The summed E-state index contributed by atoms with van der Waals surface area (Å²) in [6, 6.07) is 5.25. The fraction of sp³-hybridized carbons (Fsp3) is 0.538. The van der Waals surface area contributed by atoms with Crippen molar-refractivity contribution in [3.05, 3.63) is 29.6 Å². The van der Waals surface area contributed by atoms with Gasteiger partial charge in [-0.25, -0.2) is 4.39 Å². The molecule has 1 saturated carbocycles. The Kier molecular flexibility index (Phi) is 3.44. The summed E-state index contributed by atoms with van der Waals surface area (Å²) in [5.41, 5.74) is 7.31. The first-order valence-electron chi connectivity index (χ1n) is 5.91. The predicted octanol–water partition coefficient (Wildman–Crippen LogP) is 2.17. The second kappa shape index (κ2) is 4.83. The highest BCUT2D eigenvalue weighted by Gasteiger charge is 2.24. The van der Waals surface area contributed by atoms with Crippen molar-refractivity contribution in [3.63, 3.8) is 0 Å². The lowest BCUT2D eigenvalue weighted by Crippen LogP contribution is -2.23. The quantitative estimate of drug-likeness (QED) is 0.827. The van der Waals surface area contributed by atoms with E-state index in [2.05, 4.69) is 0 Å². The van der Waals surface area contributed by atoms with E-state index in [1.165, 1.54) is 18.9 Å². The zero-order valence-corrected chi connectivity index (χ0v) is 9.75. The van der Waals surface area contributed by atoms with E-state index in [4.69, 9.17) is 5.73 Å². The van der Waals surface area contributed by atoms with Crippen LogP contribution >= 0.6 is 0 Å². The topological polar surface area (TPSA) is 29.3 Å². The van der Waals surface area contributed by atoms with Crippen LogP contribution in [-0.2, 0) is 6.42 Å². The lowest BCUT2D eigenvalue weighted by atomic mass is 10.1. The molecule has 1 aromatic rings. The Balaban J connectivity index is 2.20.